The minimum atomic E-state index is -4.95. The van der Waals surface area contributed by atoms with Crippen LogP contribution < -0.4 is 0 Å². The van der Waals surface area contributed by atoms with Gasteiger partial charge in [0.2, 0.25) is 0 Å². The van der Waals surface area contributed by atoms with Crippen molar-refractivity contribution in [1.29, 1.82) is 0 Å². The predicted molar refractivity (Wildman–Crippen MR) is 358 cm³/mol. The molecule has 0 aliphatic heterocycles. The Kier molecular flexibility index (Phi) is 60.8. The lowest BCUT2D eigenvalue weighted by atomic mass is 9.99. The third-order valence-corrected chi connectivity index (χ3v) is 18.5. The van der Waals surface area contributed by atoms with E-state index >= 15 is 0 Å². The third-order valence-electron chi connectivity index (χ3n) is 16.6. The first kappa shape index (κ1) is 87.1. The Morgan fingerprint density at radius 1 is 0.326 bits per heavy atom. The van der Waals surface area contributed by atoms with Gasteiger partial charge in [0, 0.05) is 25.7 Å². The minimum absolute atomic E-state index is 0.105. The molecule has 0 aliphatic carbocycles. The van der Waals surface area contributed by atoms with Crippen LogP contribution in [0.15, 0.2) is 0 Å². The van der Waals surface area contributed by atoms with Crippen molar-refractivity contribution in [1.82, 2.24) is 0 Å². The summed E-state index contributed by atoms with van der Waals surface area (Å²) in [7, 11) is -9.90. The molecule has 89 heavy (non-hydrogen) atoms. The van der Waals surface area contributed by atoms with Crippen LogP contribution in [0.5, 0.6) is 0 Å². The molecule has 0 bridgehead atoms. The number of hydrogen-bond donors (Lipinski definition) is 3. The number of unbranched alkanes of at least 4 members (excludes halogenated alkanes) is 38. The van der Waals surface area contributed by atoms with Crippen molar-refractivity contribution in [2.75, 3.05) is 39.6 Å². The van der Waals surface area contributed by atoms with E-state index in [0.717, 1.165) is 102 Å². The van der Waals surface area contributed by atoms with Crippen molar-refractivity contribution in [3.8, 4) is 0 Å². The molecule has 0 heterocycles. The standard InChI is InChI=1S/C70H136O17P2/c1-7-10-12-14-16-18-20-26-30-33-40-46-52-67(72)80-58-65(86-70(75)55-49-43-35-31-27-24-22-21-23-25-28-32-39-45-51-63(6)9-3)60-84-88(76,77)82-56-64(71)57-83-89(78,79)85-61-66(59-81-68(73)53-47-41-37-36-38-44-50-62(4)5)87-69(74)54-48-42-34-29-19-17-15-13-11-8-2/h62-66,71H,7-61H2,1-6H3,(H,76,77)(H,78,79)/t63?,64-,65-,66-/m1/s1. The molecule has 0 fully saturated rings. The highest BCUT2D eigenvalue weighted by Gasteiger charge is 2.30. The minimum Gasteiger partial charge on any atom is -0.462 e. The molecule has 0 aromatic heterocycles. The molecule has 0 saturated carbocycles. The number of phosphoric ester groups is 2. The number of aliphatic hydroxyl groups is 1. The Morgan fingerprint density at radius 3 is 0.854 bits per heavy atom. The topological polar surface area (TPSA) is 237 Å². The first-order valence-corrected chi connectivity index (χ1v) is 39.5. The van der Waals surface area contributed by atoms with Gasteiger partial charge in [-0.05, 0) is 37.5 Å². The van der Waals surface area contributed by atoms with Crippen LogP contribution in [-0.2, 0) is 65.4 Å². The maximum atomic E-state index is 13.0. The Hall–Kier alpha value is -1.94. The van der Waals surface area contributed by atoms with E-state index < -0.39 is 97.5 Å². The molecule has 0 spiro atoms. The van der Waals surface area contributed by atoms with Gasteiger partial charge in [0.15, 0.2) is 12.2 Å². The van der Waals surface area contributed by atoms with E-state index in [0.29, 0.717) is 31.6 Å². The first-order valence-electron chi connectivity index (χ1n) is 36.5. The van der Waals surface area contributed by atoms with Crippen LogP contribution in [0.3, 0.4) is 0 Å². The van der Waals surface area contributed by atoms with E-state index in [1.54, 1.807) is 0 Å². The fraction of sp³-hybridized carbons (Fsp3) is 0.943. The highest BCUT2D eigenvalue weighted by Crippen LogP contribution is 2.45. The zero-order valence-corrected chi connectivity index (χ0v) is 59.5. The Labute approximate surface area is 543 Å². The summed E-state index contributed by atoms with van der Waals surface area (Å²) in [5.74, 6) is -0.600. The summed E-state index contributed by atoms with van der Waals surface area (Å²) >= 11 is 0. The summed E-state index contributed by atoms with van der Waals surface area (Å²) in [5, 5.41) is 10.6. The first-order chi connectivity index (χ1) is 42.9. The van der Waals surface area contributed by atoms with Gasteiger partial charge in [0.1, 0.15) is 19.3 Å². The van der Waals surface area contributed by atoms with E-state index in [-0.39, 0.29) is 25.7 Å². The lowest BCUT2D eigenvalue weighted by molar-refractivity contribution is -0.161. The summed E-state index contributed by atoms with van der Waals surface area (Å²) in [6.07, 6.45) is 47.2. The monoisotopic (exact) mass is 1310 g/mol. The van der Waals surface area contributed by atoms with E-state index in [1.165, 1.54) is 167 Å². The molecule has 6 atom stereocenters. The number of carbonyl (C=O) groups is 4. The van der Waals surface area contributed by atoms with E-state index in [9.17, 15) is 43.2 Å². The molecular weight excluding hydrogens is 1170 g/mol. The molecule has 3 N–H and O–H groups in total. The predicted octanol–water partition coefficient (Wildman–Crippen LogP) is 20.0. The molecule has 17 nitrogen and oxygen atoms in total. The van der Waals surface area contributed by atoms with Crippen LogP contribution in [0.1, 0.15) is 356 Å². The summed E-state index contributed by atoms with van der Waals surface area (Å²) in [4.78, 5) is 72.4. The van der Waals surface area contributed by atoms with E-state index in [4.69, 9.17) is 37.0 Å². The fourth-order valence-electron chi connectivity index (χ4n) is 10.6. The van der Waals surface area contributed by atoms with Gasteiger partial charge in [0.25, 0.3) is 0 Å². The van der Waals surface area contributed by atoms with Gasteiger partial charge >= 0.3 is 39.5 Å². The second kappa shape index (κ2) is 62.2. The SMILES string of the molecule is CCCCCCCCCCCCCCC(=O)OC[C@H](COP(=O)(O)OC[C@@H](O)COP(=O)(O)OC[C@@H](COC(=O)CCCCCCCCC(C)C)OC(=O)CCCCCCCCCCCC)OC(=O)CCCCCCCCCCCCCCCCC(C)CC. The van der Waals surface area contributed by atoms with Gasteiger partial charge in [-0.15, -0.1) is 0 Å². The average Bonchev–Trinajstić information content (AvgIpc) is 3.51. The highest BCUT2D eigenvalue weighted by atomic mass is 31.2. The normalized spacial score (nSPS) is 14.4. The molecular formula is C70H136O17P2. The van der Waals surface area contributed by atoms with Crippen molar-refractivity contribution in [2.45, 2.75) is 374 Å². The maximum Gasteiger partial charge on any atom is 0.472 e. The second-order valence-electron chi connectivity index (χ2n) is 26.0. The quantitative estimate of drug-likeness (QED) is 0.0222. The summed E-state index contributed by atoms with van der Waals surface area (Å²) in [5.41, 5.74) is 0. The van der Waals surface area contributed by atoms with Crippen molar-refractivity contribution in [3.05, 3.63) is 0 Å². The number of esters is 4. The molecule has 0 aliphatic rings. The Balaban J connectivity index is 5.21. The van der Waals surface area contributed by atoms with Crippen molar-refractivity contribution < 1.29 is 80.2 Å². The Morgan fingerprint density at radius 2 is 0.573 bits per heavy atom. The van der Waals surface area contributed by atoms with Crippen molar-refractivity contribution in [2.24, 2.45) is 11.8 Å². The maximum absolute atomic E-state index is 13.0. The third kappa shape index (κ3) is 63.2. The molecule has 0 rings (SSSR count). The number of rotatable bonds is 69. The van der Waals surface area contributed by atoms with Crippen LogP contribution in [0, 0.1) is 11.8 Å². The van der Waals surface area contributed by atoms with Gasteiger partial charge in [-0.2, -0.15) is 0 Å². The number of ether oxygens (including phenoxy) is 4. The van der Waals surface area contributed by atoms with Gasteiger partial charge < -0.3 is 33.8 Å². The smallest absolute Gasteiger partial charge is 0.462 e. The zero-order chi connectivity index (χ0) is 65.7. The number of phosphoric acid groups is 2. The highest BCUT2D eigenvalue weighted by molar-refractivity contribution is 7.47. The van der Waals surface area contributed by atoms with E-state index in [2.05, 4.69) is 41.5 Å². The largest absolute Gasteiger partial charge is 0.472 e. The molecule has 0 saturated heterocycles. The fourth-order valence-corrected chi connectivity index (χ4v) is 12.1. The molecule has 0 radical (unpaired) electrons. The van der Waals surface area contributed by atoms with Gasteiger partial charge in [0.05, 0.1) is 26.4 Å². The van der Waals surface area contributed by atoms with Crippen LogP contribution >= 0.6 is 15.6 Å². The molecule has 3 unspecified atom stereocenters. The van der Waals surface area contributed by atoms with Crippen molar-refractivity contribution in [3.63, 3.8) is 0 Å². The van der Waals surface area contributed by atoms with Crippen LogP contribution in [0.25, 0.3) is 0 Å². The van der Waals surface area contributed by atoms with Crippen LogP contribution in [0.4, 0.5) is 0 Å². The number of hydrogen-bond acceptors (Lipinski definition) is 15. The summed E-state index contributed by atoms with van der Waals surface area (Å²) in [6.45, 7) is 9.51. The number of aliphatic hydroxyl groups excluding tert-OH is 1. The average molecular weight is 1310 g/mol. The number of carbonyl (C=O) groups excluding carboxylic acids is 4. The van der Waals surface area contributed by atoms with Gasteiger partial charge in [-0.1, -0.05) is 305 Å². The molecule has 0 aromatic carbocycles. The van der Waals surface area contributed by atoms with Crippen LogP contribution in [-0.4, -0.2) is 96.7 Å². The molecule has 528 valence electrons. The zero-order valence-electron chi connectivity index (χ0n) is 57.7. The van der Waals surface area contributed by atoms with Gasteiger partial charge in [-0.25, -0.2) is 9.13 Å². The molecule has 0 aromatic rings. The second-order valence-corrected chi connectivity index (χ2v) is 28.9. The van der Waals surface area contributed by atoms with Gasteiger partial charge in [-0.3, -0.25) is 37.3 Å². The van der Waals surface area contributed by atoms with E-state index in [1.807, 2.05) is 0 Å². The molecule has 0 amide bonds. The lowest BCUT2D eigenvalue weighted by Gasteiger charge is -2.21. The van der Waals surface area contributed by atoms with Crippen LogP contribution in [0.2, 0.25) is 0 Å². The Bertz CT molecular complexity index is 1740. The lowest BCUT2D eigenvalue weighted by Crippen LogP contribution is -2.30. The summed E-state index contributed by atoms with van der Waals surface area (Å²) in [6, 6.07) is 0. The summed E-state index contributed by atoms with van der Waals surface area (Å²) < 4.78 is 68.2. The molecule has 19 heteroatoms. The van der Waals surface area contributed by atoms with Crippen molar-refractivity contribution >= 4 is 39.5 Å².